The molecule has 2 N–H and O–H groups in total. The highest BCUT2D eigenvalue weighted by Crippen LogP contribution is 2.15. The van der Waals surface area contributed by atoms with Crippen LogP contribution in [0, 0.1) is 0 Å². The molecule has 1 atom stereocenters. The van der Waals surface area contributed by atoms with Gasteiger partial charge in [-0.15, -0.1) is 6.58 Å². The van der Waals surface area contributed by atoms with Gasteiger partial charge in [0.2, 0.25) is 10.0 Å². The van der Waals surface area contributed by atoms with Gasteiger partial charge in [0.25, 0.3) is 0 Å². The van der Waals surface area contributed by atoms with Crippen LogP contribution in [0.25, 0.3) is 0 Å². The van der Waals surface area contributed by atoms with E-state index < -0.39 is 10.0 Å². The van der Waals surface area contributed by atoms with Crippen LogP contribution in [0.1, 0.15) is 19.8 Å². The van der Waals surface area contributed by atoms with Gasteiger partial charge in [0.15, 0.2) is 0 Å². The summed E-state index contributed by atoms with van der Waals surface area (Å²) in [6.45, 7) is 5.77. The van der Waals surface area contributed by atoms with Gasteiger partial charge in [-0.25, -0.2) is 13.1 Å². The Morgan fingerprint density at radius 2 is 1.94 bits per heavy atom. The second kappa shape index (κ2) is 6.56. The van der Waals surface area contributed by atoms with Crippen molar-refractivity contribution in [3.63, 3.8) is 0 Å². The first-order valence-electron chi connectivity index (χ1n) is 5.90. The monoisotopic (exact) mass is 268 g/mol. The van der Waals surface area contributed by atoms with Gasteiger partial charge in [-0.2, -0.15) is 0 Å². The highest BCUT2D eigenvalue weighted by molar-refractivity contribution is 7.89. The van der Waals surface area contributed by atoms with Crippen LogP contribution in [-0.2, 0) is 10.0 Å². The number of hydrogen-bond donors (Lipinski definition) is 2. The summed E-state index contributed by atoms with van der Waals surface area (Å²) in [5, 5.41) is 3.31. The Bertz CT molecular complexity index is 480. The Hall–Kier alpha value is -1.33. The van der Waals surface area contributed by atoms with Crippen LogP contribution in [0.3, 0.4) is 0 Å². The normalized spacial score (nSPS) is 13.0. The molecule has 0 radical (unpaired) electrons. The Morgan fingerprint density at radius 1 is 1.33 bits per heavy atom. The molecular weight excluding hydrogens is 248 g/mol. The predicted octanol–water partition coefficient (Wildman–Crippen LogP) is 2.36. The molecule has 1 unspecified atom stereocenters. The van der Waals surface area contributed by atoms with Crippen molar-refractivity contribution in [2.45, 2.75) is 30.7 Å². The Morgan fingerprint density at radius 3 is 2.44 bits per heavy atom. The van der Waals surface area contributed by atoms with Crippen molar-refractivity contribution in [2.75, 3.05) is 12.4 Å². The molecule has 0 heterocycles. The first kappa shape index (κ1) is 14.7. The molecule has 100 valence electrons. The van der Waals surface area contributed by atoms with Crippen molar-refractivity contribution < 1.29 is 8.42 Å². The topological polar surface area (TPSA) is 58.2 Å². The van der Waals surface area contributed by atoms with Crippen LogP contribution in [0.4, 0.5) is 5.69 Å². The maximum Gasteiger partial charge on any atom is 0.240 e. The van der Waals surface area contributed by atoms with Crippen LogP contribution in [-0.4, -0.2) is 21.5 Å². The average Bonchev–Trinajstić information content (AvgIpc) is 2.37. The van der Waals surface area contributed by atoms with Crippen molar-refractivity contribution in [3.8, 4) is 0 Å². The summed E-state index contributed by atoms with van der Waals surface area (Å²) in [6.07, 6.45) is 3.85. The van der Waals surface area contributed by atoms with Crippen LogP contribution < -0.4 is 10.0 Å². The second-order valence-corrected chi connectivity index (χ2v) is 6.03. The summed E-state index contributed by atoms with van der Waals surface area (Å²) in [7, 11) is -1.95. The number of sulfonamides is 1. The van der Waals surface area contributed by atoms with Gasteiger partial charge >= 0.3 is 0 Å². The van der Waals surface area contributed by atoms with Crippen molar-refractivity contribution in [1.29, 1.82) is 0 Å². The highest BCUT2D eigenvalue weighted by atomic mass is 32.2. The van der Waals surface area contributed by atoms with Gasteiger partial charge in [0.1, 0.15) is 0 Å². The molecule has 0 spiro atoms. The third-order valence-electron chi connectivity index (χ3n) is 2.65. The van der Waals surface area contributed by atoms with Gasteiger partial charge in [0.05, 0.1) is 4.90 Å². The molecule has 0 bridgehead atoms. The lowest BCUT2D eigenvalue weighted by molar-refractivity contribution is 0.588. The van der Waals surface area contributed by atoms with Gasteiger partial charge < -0.3 is 5.32 Å². The molecule has 0 aliphatic rings. The fourth-order valence-corrected chi connectivity index (χ4v) is 2.30. The minimum absolute atomic E-state index is 0.272. The summed E-state index contributed by atoms with van der Waals surface area (Å²) >= 11 is 0. The molecule has 4 nitrogen and oxygen atoms in total. The van der Waals surface area contributed by atoms with Crippen LogP contribution in [0.15, 0.2) is 41.8 Å². The smallest absolute Gasteiger partial charge is 0.240 e. The lowest BCUT2D eigenvalue weighted by Crippen LogP contribution is -2.18. The summed E-state index contributed by atoms with van der Waals surface area (Å²) in [4.78, 5) is 0.272. The van der Waals surface area contributed by atoms with Crippen LogP contribution in [0.2, 0.25) is 0 Å². The zero-order valence-electron chi connectivity index (χ0n) is 10.8. The SMILES string of the molecule is C=CCCC(C)Nc1ccc(S(=O)(=O)NC)cc1. The van der Waals surface area contributed by atoms with Crippen molar-refractivity contribution >= 4 is 15.7 Å². The number of benzene rings is 1. The minimum Gasteiger partial charge on any atom is -0.383 e. The number of allylic oxidation sites excluding steroid dienone is 1. The average molecular weight is 268 g/mol. The highest BCUT2D eigenvalue weighted by Gasteiger charge is 2.10. The van der Waals surface area contributed by atoms with E-state index in [0.717, 1.165) is 18.5 Å². The van der Waals surface area contributed by atoms with E-state index in [4.69, 9.17) is 0 Å². The Balaban J connectivity index is 2.69. The molecule has 0 saturated heterocycles. The maximum absolute atomic E-state index is 11.5. The second-order valence-electron chi connectivity index (χ2n) is 4.14. The van der Waals surface area contributed by atoms with E-state index in [1.807, 2.05) is 6.08 Å². The molecule has 5 heteroatoms. The number of anilines is 1. The number of rotatable bonds is 7. The molecular formula is C13H20N2O2S. The summed E-state index contributed by atoms with van der Waals surface area (Å²) in [5.74, 6) is 0. The van der Waals surface area contributed by atoms with E-state index in [2.05, 4.69) is 23.5 Å². The maximum atomic E-state index is 11.5. The van der Waals surface area contributed by atoms with Crippen molar-refractivity contribution in [1.82, 2.24) is 4.72 Å². The van der Waals surface area contributed by atoms with Crippen LogP contribution in [0.5, 0.6) is 0 Å². The Labute approximate surface area is 109 Å². The van der Waals surface area contributed by atoms with Crippen molar-refractivity contribution in [2.24, 2.45) is 0 Å². The number of nitrogens with one attached hydrogen (secondary N) is 2. The molecule has 1 aromatic rings. The first-order chi connectivity index (χ1) is 8.49. The van der Waals surface area contributed by atoms with Crippen LogP contribution >= 0.6 is 0 Å². The molecule has 0 amide bonds. The molecule has 0 aliphatic carbocycles. The van der Waals surface area contributed by atoms with Gasteiger partial charge in [-0.1, -0.05) is 6.08 Å². The zero-order valence-corrected chi connectivity index (χ0v) is 11.6. The first-order valence-corrected chi connectivity index (χ1v) is 7.39. The Kier molecular flexibility index (Phi) is 5.37. The lowest BCUT2D eigenvalue weighted by Gasteiger charge is -2.14. The molecule has 0 fully saturated rings. The quantitative estimate of drug-likeness (QED) is 0.746. The number of hydrogen-bond acceptors (Lipinski definition) is 3. The minimum atomic E-state index is -3.35. The van der Waals surface area contributed by atoms with Gasteiger partial charge in [-0.05, 0) is 51.1 Å². The molecule has 0 saturated carbocycles. The molecule has 18 heavy (non-hydrogen) atoms. The summed E-state index contributed by atoms with van der Waals surface area (Å²) in [5.41, 5.74) is 0.918. The fraction of sp³-hybridized carbons (Fsp3) is 0.385. The van der Waals surface area contributed by atoms with E-state index >= 15 is 0 Å². The van der Waals surface area contributed by atoms with E-state index in [9.17, 15) is 8.42 Å². The predicted molar refractivity (Wildman–Crippen MR) is 75.2 cm³/mol. The molecule has 1 rings (SSSR count). The third kappa shape index (κ3) is 4.16. The van der Waals surface area contributed by atoms with E-state index in [1.54, 1.807) is 24.3 Å². The molecule has 1 aromatic carbocycles. The van der Waals surface area contributed by atoms with E-state index in [0.29, 0.717) is 6.04 Å². The zero-order chi connectivity index (χ0) is 13.6. The third-order valence-corrected chi connectivity index (χ3v) is 4.08. The van der Waals surface area contributed by atoms with Gasteiger partial charge in [-0.3, -0.25) is 0 Å². The van der Waals surface area contributed by atoms with E-state index in [1.165, 1.54) is 7.05 Å². The van der Waals surface area contributed by atoms with E-state index in [-0.39, 0.29) is 4.90 Å². The fourth-order valence-electron chi connectivity index (χ4n) is 1.57. The molecule has 0 aliphatic heterocycles. The lowest BCUT2D eigenvalue weighted by atomic mass is 10.1. The molecule has 0 aromatic heterocycles. The largest absolute Gasteiger partial charge is 0.383 e. The summed E-state index contributed by atoms with van der Waals surface area (Å²) < 4.78 is 25.4. The standard InChI is InChI=1S/C13H20N2O2S/c1-4-5-6-11(2)15-12-7-9-13(10-8-12)18(16,17)14-3/h4,7-11,14-15H,1,5-6H2,2-3H3. The van der Waals surface area contributed by atoms with Crippen molar-refractivity contribution in [3.05, 3.63) is 36.9 Å². The summed E-state index contributed by atoms with van der Waals surface area (Å²) in [6, 6.07) is 7.06. The van der Waals surface area contributed by atoms with Gasteiger partial charge in [0, 0.05) is 11.7 Å².